The molecule has 1 aliphatic heterocycles. The summed E-state index contributed by atoms with van der Waals surface area (Å²) >= 11 is 0. The molecule has 0 spiro atoms. The fourth-order valence-corrected chi connectivity index (χ4v) is 4.41. The van der Waals surface area contributed by atoms with Gasteiger partial charge in [-0.25, -0.2) is 0 Å². The molecule has 1 heterocycles. The summed E-state index contributed by atoms with van der Waals surface area (Å²) in [7, 11) is 2.13. The fourth-order valence-electron chi connectivity index (χ4n) is 4.41. The fraction of sp³-hybridized carbons (Fsp3) is 0.852. The molecular weight excluding hydrogens is 386 g/mol. The molecule has 0 aromatic heterocycles. The zero-order chi connectivity index (χ0) is 22.6. The molecule has 0 aliphatic carbocycles. The van der Waals surface area contributed by atoms with Gasteiger partial charge in [0.1, 0.15) is 12.4 Å². The Morgan fingerprint density at radius 2 is 1.45 bits per heavy atom. The number of aldehydes is 1. The van der Waals surface area contributed by atoms with E-state index in [1.54, 1.807) is 6.08 Å². The van der Waals surface area contributed by atoms with Crippen LogP contribution in [0.15, 0.2) is 12.2 Å². The highest BCUT2D eigenvalue weighted by molar-refractivity contribution is 5.72. The van der Waals surface area contributed by atoms with E-state index in [0.717, 1.165) is 64.3 Å². The molecule has 0 amide bonds. The van der Waals surface area contributed by atoms with E-state index in [1.165, 1.54) is 64.2 Å². The van der Waals surface area contributed by atoms with Crippen molar-refractivity contribution in [1.82, 2.24) is 4.90 Å². The van der Waals surface area contributed by atoms with E-state index in [2.05, 4.69) is 18.9 Å². The second-order valence-corrected chi connectivity index (χ2v) is 9.46. The molecule has 31 heavy (non-hydrogen) atoms. The van der Waals surface area contributed by atoms with Crippen molar-refractivity contribution < 1.29 is 14.3 Å². The Bertz CT molecular complexity index is 469. The molecule has 0 N–H and O–H groups in total. The molecule has 1 unspecified atom stereocenters. The molecule has 1 saturated heterocycles. The molecular formula is C27H49NO3. The monoisotopic (exact) mass is 435 g/mol. The third-order valence-corrected chi connectivity index (χ3v) is 6.58. The van der Waals surface area contributed by atoms with E-state index in [9.17, 15) is 9.59 Å². The maximum absolute atomic E-state index is 12.7. The van der Waals surface area contributed by atoms with Gasteiger partial charge in [0, 0.05) is 0 Å². The number of esters is 1. The number of hydrogen-bond donors (Lipinski definition) is 0. The highest BCUT2D eigenvalue weighted by Gasteiger charge is 2.26. The van der Waals surface area contributed by atoms with E-state index in [4.69, 9.17) is 4.74 Å². The van der Waals surface area contributed by atoms with E-state index in [1.807, 2.05) is 6.08 Å². The summed E-state index contributed by atoms with van der Waals surface area (Å²) in [6.07, 6.45) is 24.5. The van der Waals surface area contributed by atoms with Gasteiger partial charge in [0.2, 0.25) is 0 Å². The standard InChI is InChI=1S/C27H49NO3/c1-3-4-5-6-7-9-12-15-18-26(19-16-13-10-8-11-14-17-24-29)31-27(30)25-20-22-28(2)23-21-25/h14,17,24-26H,3-13,15-16,18-23H2,1-2H3. The van der Waals surface area contributed by atoms with Crippen LogP contribution in [-0.4, -0.2) is 43.4 Å². The Morgan fingerprint density at radius 3 is 2.03 bits per heavy atom. The van der Waals surface area contributed by atoms with Crippen LogP contribution in [0, 0.1) is 5.92 Å². The minimum atomic E-state index is 0.0525. The van der Waals surface area contributed by atoms with Gasteiger partial charge in [-0.15, -0.1) is 0 Å². The van der Waals surface area contributed by atoms with Crippen LogP contribution in [0.25, 0.3) is 0 Å². The quantitative estimate of drug-likeness (QED) is 0.0961. The molecule has 0 aromatic rings. The van der Waals surface area contributed by atoms with Crippen molar-refractivity contribution in [1.29, 1.82) is 0 Å². The molecule has 0 radical (unpaired) electrons. The van der Waals surface area contributed by atoms with Gasteiger partial charge in [-0.3, -0.25) is 9.59 Å². The molecule has 180 valence electrons. The van der Waals surface area contributed by atoms with Gasteiger partial charge in [-0.05, 0) is 77.6 Å². The predicted octanol–water partition coefficient (Wildman–Crippen LogP) is 6.87. The Labute approximate surface area is 192 Å². The van der Waals surface area contributed by atoms with E-state index in [0.29, 0.717) is 0 Å². The molecule has 1 rings (SSSR count). The number of carbonyl (C=O) groups is 2. The Balaban J connectivity index is 2.28. The number of rotatable bonds is 19. The van der Waals surface area contributed by atoms with Crippen LogP contribution >= 0.6 is 0 Å². The molecule has 1 fully saturated rings. The second-order valence-electron chi connectivity index (χ2n) is 9.46. The molecule has 4 heteroatoms. The largest absolute Gasteiger partial charge is 0.462 e. The summed E-state index contributed by atoms with van der Waals surface area (Å²) in [4.78, 5) is 25.3. The van der Waals surface area contributed by atoms with E-state index in [-0.39, 0.29) is 18.0 Å². The third-order valence-electron chi connectivity index (χ3n) is 6.58. The minimum absolute atomic E-state index is 0.0525. The lowest BCUT2D eigenvalue weighted by Gasteiger charge is -2.29. The molecule has 1 atom stereocenters. The van der Waals surface area contributed by atoms with Crippen molar-refractivity contribution in [2.75, 3.05) is 20.1 Å². The lowest BCUT2D eigenvalue weighted by molar-refractivity contribution is -0.156. The van der Waals surface area contributed by atoms with Gasteiger partial charge in [-0.2, -0.15) is 0 Å². The summed E-state index contributed by atoms with van der Waals surface area (Å²) in [6, 6.07) is 0. The first-order valence-electron chi connectivity index (χ1n) is 13.2. The Morgan fingerprint density at radius 1 is 0.903 bits per heavy atom. The van der Waals surface area contributed by atoms with Crippen molar-refractivity contribution in [3.8, 4) is 0 Å². The van der Waals surface area contributed by atoms with Gasteiger partial charge in [0.15, 0.2) is 0 Å². The van der Waals surface area contributed by atoms with Crippen molar-refractivity contribution in [3.05, 3.63) is 12.2 Å². The van der Waals surface area contributed by atoms with Crippen molar-refractivity contribution in [3.63, 3.8) is 0 Å². The molecule has 0 bridgehead atoms. The number of carbonyl (C=O) groups excluding carboxylic acids is 2. The van der Waals surface area contributed by atoms with E-state index >= 15 is 0 Å². The molecule has 0 saturated carbocycles. The number of likely N-dealkylation sites (tertiary alicyclic amines) is 1. The van der Waals surface area contributed by atoms with Crippen LogP contribution in [0.2, 0.25) is 0 Å². The average Bonchev–Trinajstić information content (AvgIpc) is 2.77. The lowest BCUT2D eigenvalue weighted by atomic mass is 9.97. The zero-order valence-electron chi connectivity index (χ0n) is 20.5. The summed E-state index contributed by atoms with van der Waals surface area (Å²) in [5.74, 6) is 0.151. The van der Waals surface area contributed by atoms with Gasteiger partial charge in [0.25, 0.3) is 0 Å². The molecule has 0 aromatic carbocycles. The van der Waals surface area contributed by atoms with Crippen molar-refractivity contribution >= 4 is 12.3 Å². The normalized spacial score (nSPS) is 16.6. The van der Waals surface area contributed by atoms with Gasteiger partial charge >= 0.3 is 5.97 Å². The first kappa shape index (κ1) is 27.9. The van der Waals surface area contributed by atoms with Crippen LogP contribution in [0.1, 0.15) is 116 Å². The number of hydrogen-bond acceptors (Lipinski definition) is 4. The topological polar surface area (TPSA) is 46.6 Å². The SMILES string of the molecule is CCCCCCCCCCC(CCCCCCC=CC=O)OC(=O)C1CCN(C)CC1. The van der Waals surface area contributed by atoms with Gasteiger partial charge in [0.05, 0.1) is 5.92 Å². The van der Waals surface area contributed by atoms with E-state index < -0.39 is 0 Å². The minimum Gasteiger partial charge on any atom is -0.462 e. The number of piperidine rings is 1. The first-order chi connectivity index (χ1) is 15.2. The number of allylic oxidation sites excluding steroid dienone is 2. The number of nitrogens with zero attached hydrogens (tertiary/aromatic N) is 1. The first-order valence-corrected chi connectivity index (χ1v) is 13.2. The van der Waals surface area contributed by atoms with Crippen LogP contribution in [0.3, 0.4) is 0 Å². The highest BCUT2D eigenvalue weighted by Crippen LogP contribution is 2.22. The maximum Gasteiger partial charge on any atom is 0.309 e. The summed E-state index contributed by atoms with van der Waals surface area (Å²) in [5.41, 5.74) is 0. The zero-order valence-corrected chi connectivity index (χ0v) is 20.5. The summed E-state index contributed by atoms with van der Waals surface area (Å²) in [5, 5.41) is 0. The van der Waals surface area contributed by atoms with Gasteiger partial charge in [-0.1, -0.05) is 70.8 Å². The van der Waals surface area contributed by atoms with Crippen molar-refractivity contribution in [2.45, 2.75) is 122 Å². The Hall–Kier alpha value is -1.16. The summed E-state index contributed by atoms with van der Waals surface area (Å²) < 4.78 is 6.04. The number of ether oxygens (including phenoxy) is 1. The van der Waals surface area contributed by atoms with Crippen LogP contribution in [0.4, 0.5) is 0 Å². The van der Waals surface area contributed by atoms with Crippen molar-refractivity contribution in [2.24, 2.45) is 5.92 Å². The Kier molecular flexibility index (Phi) is 17.6. The average molecular weight is 436 g/mol. The third kappa shape index (κ3) is 15.3. The number of unbranched alkanes of at least 4 members (excludes halogenated alkanes) is 11. The molecule has 4 nitrogen and oxygen atoms in total. The van der Waals surface area contributed by atoms with Crippen LogP contribution < -0.4 is 0 Å². The summed E-state index contributed by atoms with van der Waals surface area (Å²) in [6.45, 7) is 4.26. The lowest BCUT2D eigenvalue weighted by Crippen LogP contribution is -2.35. The van der Waals surface area contributed by atoms with Crippen LogP contribution in [0.5, 0.6) is 0 Å². The predicted molar refractivity (Wildman–Crippen MR) is 130 cm³/mol. The van der Waals surface area contributed by atoms with Crippen LogP contribution in [-0.2, 0) is 14.3 Å². The maximum atomic E-state index is 12.7. The molecule has 1 aliphatic rings. The van der Waals surface area contributed by atoms with Gasteiger partial charge < -0.3 is 9.64 Å². The highest BCUT2D eigenvalue weighted by atomic mass is 16.5. The smallest absolute Gasteiger partial charge is 0.309 e. The second kappa shape index (κ2) is 19.5.